The summed E-state index contributed by atoms with van der Waals surface area (Å²) in [4.78, 5) is 17.6. The van der Waals surface area contributed by atoms with Crippen LogP contribution in [0.2, 0.25) is 0 Å². The molecule has 6 heteroatoms. The maximum atomic E-state index is 12.0. The number of nitrogens with one attached hydrogen (secondary N) is 2. The number of carbonyl (C=O) groups is 1. The summed E-state index contributed by atoms with van der Waals surface area (Å²) < 4.78 is 0. The Morgan fingerprint density at radius 3 is 2.77 bits per heavy atom. The number of guanidine groups is 1. The highest BCUT2D eigenvalue weighted by atomic mass is 16.2. The van der Waals surface area contributed by atoms with Crippen LogP contribution in [0.15, 0.2) is 24.4 Å². The molecule has 0 aliphatic carbocycles. The van der Waals surface area contributed by atoms with Crippen LogP contribution in [-0.4, -0.2) is 35.0 Å². The monoisotopic (exact) mass is 305 g/mol. The van der Waals surface area contributed by atoms with Gasteiger partial charge in [0.15, 0.2) is 5.96 Å². The summed E-state index contributed by atoms with van der Waals surface area (Å²) in [6.45, 7) is 3.20. The minimum Gasteiger partial charge on any atom is -0.370 e. The molecule has 0 saturated carbocycles. The number of amides is 2. The molecule has 1 rings (SSSR count). The van der Waals surface area contributed by atoms with E-state index in [2.05, 4.69) is 17.2 Å². The van der Waals surface area contributed by atoms with Crippen molar-refractivity contribution in [3.05, 3.63) is 30.1 Å². The summed E-state index contributed by atoms with van der Waals surface area (Å²) in [7, 11) is 0. The number of nitrogens with two attached hydrogens (primary N) is 1. The van der Waals surface area contributed by atoms with E-state index in [1.807, 2.05) is 18.2 Å². The molecule has 0 fully saturated rings. The fourth-order valence-electron chi connectivity index (χ4n) is 2.14. The SMILES string of the molecule is CCCCCCNC(=O)N(CCCc1ccccn1)C(=N)N. The first-order valence-electron chi connectivity index (χ1n) is 7.94. The number of aryl methyl sites for hydroxylation is 1. The fourth-order valence-corrected chi connectivity index (χ4v) is 2.14. The van der Waals surface area contributed by atoms with Crippen molar-refractivity contribution in [1.82, 2.24) is 15.2 Å². The lowest BCUT2D eigenvalue weighted by atomic mass is 10.2. The van der Waals surface area contributed by atoms with E-state index in [4.69, 9.17) is 11.1 Å². The van der Waals surface area contributed by atoms with Crippen LogP contribution in [0.5, 0.6) is 0 Å². The van der Waals surface area contributed by atoms with Crippen LogP contribution in [0.1, 0.15) is 44.7 Å². The average Bonchev–Trinajstić information content (AvgIpc) is 2.52. The minimum atomic E-state index is -0.287. The fraction of sp³-hybridized carbons (Fsp3) is 0.562. The molecule has 0 radical (unpaired) electrons. The molecule has 1 aromatic heterocycles. The predicted octanol–water partition coefficient (Wildman–Crippen LogP) is 2.50. The van der Waals surface area contributed by atoms with Gasteiger partial charge in [-0.1, -0.05) is 32.3 Å². The standard InChI is InChI=1S/C16H27N5O/c1-2-3-4-6-12-20-16(22)21(15(17)18)13-8-10-14-9-5-7-11-19-14/h5,7,9,11H,2-4,6,8,10,12-13H2,1H3,(H3,17,18)(H,20,22). The Morgan fingerprint density at radius 1 is 1.32 bits per heavy atom. The third kappa shape index (κ3) is 7.06. The number of carbonyl (C=O) groups excluding carboxylic acids is 1. The largest absolute Gasteiger partial charge is 0.370 e. The molecule has 22 heavy (non-hydrogen) atoms. The third-order valence-electron chi connectivity index (χ3n) is 3.38. The number of nitrogens with zero attached hydrogens (tertiary/aromatic N) is 2. The quantitative estimate of drug-likeness (QED) is 0.371. The molecule has 0 spiro atoms. The summed E-state index contributed by atoms with van der Waals surface area (Å²) in [6, 6.07) is 5.47. The minimum absolute atomic E-state index is 0.216. The lowest BCUT2D eigenvalue weighted by Gasteiger charge is -2.21. The second kappa shape index (κ2) is 10.6. The van der Waals surface area contributed by atoms with E-state index in [1.54, 1.807) is 6.20 Å². The van der Waals surface area contributed by atoms with Crippen LogP contribution in [0.3, 0.4) is 0 Å². The average molecular weight is 305 g/mol. The predicted molar refractivity (Wildman–Crippen MR) is 88.7 cm³/mol. The number of pyridine rings is 1. The van der Waals surface area contributed by atoms with Crippen molar-refractivity contribution in [2.45, 2.75) is 45.4 Å². The van der Waals surface area contributed by atoms with Gasteiger partial charge >= 0.3 is 6.03 Å². The smallest absolute Gasteiger partial charge is 0.324 e. The second-order valence-corrected chi connectivity index (χ2v) is 5.25. The Kier molecular flexibility index (Phi) is 8.64. The number of aromatic nitrogens is 1. The molecule has 0 bridgehead atoms. The summed E-state index contributed by atoms with van der Waals surface area (Å²) >= 11 is 0. The summed E-state index contributed by atoms with van der Waals surface area (Å²) in [5.41, 5.74) is 6.48. The number of hydrogen-bond acceptors (Lipinski definition) is 3. The Morgan fingerprint density at radius 2 is 2.14 bits per heavy atom. The van der Waals surface area contributed by atoms with Crippen LogP contribution < -0.4 is 11.1 Å². The van der Waals surface area contributed by atoms with Crippen LogP contribution in [0, 0.1) is 5.41 Å². The lowest BCUT2D eigenvalue weighted by Crippen LogP contribution is -2.47. The van der Waals surface area contributed by atoms with Gasteiger partial charge in [-0.05, 0) is 31.4 Å². The van der Waals surface area contributed by atoms with E-state index in [0.717, 1.165) is 31.4 Å². The van der Waals surface area contributed by atoms with Crippen LogP contribution >= 0.6 is 0 Å². The molecule has 1 aromatic rings. The molecule has 0 aliphatic heterocycles. The first kappa shape index (κ1) is 17.9. The van der Waals surface area contributed by atoms with E-state index in [9.17, 15) is 4.79 Å². The maximum absolute atomic E-state index is 12.0. The van der Waals surface area contributed by atoms with E-state index >= 15 is 0 Å². The number of unbranched alkanes of at least 4 members (excludes halogenated alkanes) is 3. The zero-order valence-corrected chi connectivity index (χ0v) is 13.3. The molecule has 0 aromatic carbocycles. The Bertz CT molecular complexity index is 449. The highest BCUT2D eigenvalue weighted by Crippen LogP contribution is 2.01. The summed E-state index contributed by atoms with van der Waals surface area (Å²) in [5, 5.41) is 10.4. The maximum Gasteiger partial charge on any atom is 0.324 e. The molecule has 1 heterocycles. The highest BCUT2D eigenvalue weighted by molar-refractivity contribution is 5.93. The molecule has 6 nitrogen and oxygen atoms in total. The van der Waals surface area contributed by atoms with Crippen molar-refractivity contribution in [2.75, 3.05) is 13.1 Å². The summed E-state index contributed by atoms with van der Waals surface area (Å²) in [5.74, 6) is -0.216. The van der Waals surface area contributed by atoms with Gasteiger partial charge < -0.3 is 11.1 Å². The zero-order chi connectivity index (χ0) is 16.2. The third-order valence-corrected chi connectivity index (χ3v) is 3.38. The number of rotatable bonds is 9. The second-order valence-electron chi connectivity index (χ2n) is 5.25. The zero-order valence-electron chi connectivity index (χ0n) is 13.3. The van der Waals surface area contributed by atoms with Crippen molar-refractivity contribution >= 4 is 12.0 Å². The van der Waals surface area contributed by atoms with Crippen LogP contribution in [0.25, 0.3) is 0 Å². The highest BCUT2D eigenvalue weighted by Gasteiger charge is 2.15. The lowest BCUT2D eigenvalue weighted by molar-refractivity contribution is 0.219. The molecule has 4 N–H and O–H groups in total. The molecular weight excluding hydrogens is 278 g/mol. The van der Waals surface area contributed by atoms with Crippen LogP contribution in [0.4, 0.5) is 4.79 Å². The topological polar surface area (TPSA) is 95.1 Å². The van der Waals surface area contributed by atoms with Gasteiger partial charge in [0.05, 0.1) is 0 Å². The normalized spacial score (nSPS) is 10.2. The first-order valence-corrected chi connectivity index (χ1v) is 7.94. The summed E-state index contributed by atoms with van der Waals surface area (Å²) in [6.07, 6.45) is 7.64. The number of urea groups is 1. The molecule has 0 atom stereocenters. The van der Waals surface area contributed by atoms with E-state index in [1.165, 1.54) is 17.7 Å². The Labute approximate surface area is 132 Å². The van der Waals surface area contributed by atoms with Gasteiger partial charge in [-0.3, -0.25) is 15.3 Å². The Balaban J connectivity index is 2.31. The van der Waals surface area contributed by atoms with Gasteiger partial charge in [0.2, 0.25) is 0 Å². The molecule has 0 unspecified atom stereocenters. The molecule has 0 saturated heterocycles. The van der Waals surface area contributed by atoms with Gasteiger partial charge in [0, 0.05) is 25.0 Å². The van der Waals surface area contributed by atoms with Gasteiger partial charge in [-0.2, -0.15) is 0 Å². The van der Waals surface area contributed by atoms with E-state index < -0.39 is 0 Å². The van der Waals surface area contributed by atoms with Gasteiger partial charge in [-0.25, -0.2) is 4.79 Å². The van der Waals surface area contributed by atoms with E-state index in [0.29, 0.717) is 13.1 Å². The number of hydrogen-bond donors (Lipinski definition) is 3. The Hall–Kier alpha value is -2.11. The van der Waals surface area contributed by atoms with Gasteiger partial charge in [-0.15, -0.1) is 0 Å². The van der Waals surface area contributed by atoms with Crippen molar-refractivity contribution < 1.29 is 4.79 Å². The van der Waals surface area contributed by atoms with Crippen molar-refractivity contribution in [3.8, 4) is 0 Å². The van der Waals surface area contributed by atoms with Crippen LogP contribution in [-0.2, 0) is 6.42 Å². The van der Waals surface area contributed by atoms with Crippen molar-refractivity contribution in [1.29, 1.82) is 5.41 Å². The van der Waals surface area contributed by atoms with Crippen molar-refractivity contribution in [2.24, 2.45) is 5.73 Å². The molecule has 2 amide bonds. The van der Waals surface area contributed by atoms with Gasteiger partial charge in [0.25, 0.3) is 0 Å². The van der Waals surface area contributed by atoms with Crippen molar-refractivity contribution in [3.63, 3.8) is 0 Å². The van der Waals surface area contributed by atoms with E-state index in [-0.39, 0.29) is 12.0 Å². The van der Waals surface area contributed by atoms with Gasteiger partial charge in [0.1, 0.15) is 0 Å². The molecular formula is C16H27N5O. The first-order chi connectivity index (χ1) is 10.6. The molecule has 122 valence electrons. The molecule has 0 aliphatic rings.